The van der Waals surface area contributed by atoms with Gasteiger partial charge in [-0.25, -0.2) is 0 Å². The summed E-state index contributed by atoms with van der Waals surface area (Å²) in [5.74, 6) is 0.456. The summed E-state index contributed by atoms with van der Waals surface area (Å²) in [7, 11) is -0.703. The maximum absolute atomic E-state index is 11.5. The molecule has 0 spiro atoms. The van der Waals surface area contributed by atoms with E-state index in [2.05, 4.69) is 45.7 Å². The van der Waals surface area contributed by atoms with Crippen molar-refractivity contribution < 1.29 is 4.21 Å². The molecule has 0 bridgehead atoms. The van der Waals surface area contributed by atoms with Crippen LogP contribution in [0, 0.1) is 5.92 Å². The molecule has 0 aliphatic carbocycles. The normalized spacial score (nSPS) is 17.1. The van der Waals surface area contributed by atoms with Crippen molar-refractivity contribution in [1.29, 1.82) is 0 Å². The Hall–Kier alpha value is -0.440. The van der Waals surface area contributed by atoms with Crippen LogP contribution >= 0.6 is 0 Å². The van der Waals surface area contributed by atoms with Crippen molar-refractivity contribution in [2.24, 2.45) is 10.9 Å². The van der Waals surface area contributed by atoms with Crippen LogP contribution < -0.4 is 0 Å². The third kappa shape index (κ3) is 7.10. The Morgan fingerprint density at radius 3 is 2.28 bits per heavy atom. The highest BCUT2D eigenvalue weighted by Crippen LogP contribution is 2.16. The van der Waals surface area contributed by atoms with Gasteiger partial charge in [-0.2, -0.15) is 0 Å². The predicted molar refractivity (Wildman–Crippen MR) is 84.0 cm³/mol. The van der Waals surface area contributed by atoms with Crippen LogP contribution in [0.4, 0.5) is 0 Å². The highest BCUT2D eigenvalue weighted by molar-refractivity contribution is 7.84. The minimum Gasteiger partial charge on any atom is -0.290 e. The van der Waals surface area contributed by atoms with E-state index in [4.69, 9.17) is 0 Å². The van der Waals surface area contributed by atoms with Crippen LogP contribution in [0.2, 0.25) is 0 Å². The zero-order valence-corrected chi connectivity index (χ0v) is 13.6. The fourth-order valence-corrected chi connectivity index (χ4v) is 2.95. The van der Waals surface area contributed by atoms with Gasteiger partial charge in [0.2, 0.25) is 0 Å². The minimum absolute atomic E-state index is 0.335. The Balaban J connectivity index is 4.53. The van der Waals surface area contributed by atoms with E-state index < -0.39 is 10.8 Å². The highest BCUT2D eigenvalue weighted by atomic mass is 32.2. The second-order valence-corrected chi connectivity index (χ2v) is 6.79. The fourth-order valence-electron chi connectivity index (χ4n) is 2.01. The van der Waals surface area contributed by atoms with E-state index in [0.717, 1.165) is 25.8 Å². The maximum Gasteiger partial charge on any atom is 0.0375 e. The molecular formula is C15H29NOS. The molecule has 0 radical (unpaired) electrons. The molecule has 106 valence electrons. The number of hydrogen-bond acceptors (Lipinski definition) is 2. The molecule has 3 atom stereocenters. The number of rotatable bonds is 8. The summed E-state index contributed by atoms with van der Waals surface area (Å²) >= 11 is 0. The largest absolute Gasteiger partial charge is 0.290 e. The Labute approximate surface area is 115 Å². The molecule has 0 amide bonds. The molecule has 3 heteroatoms. The van der Waals surface area contributed by atoms with Crippen molar-refractivity contribution in [2.75, 3.05) is 12.8 Å². The van der Waals surface area contributed by atoms with Gasteiger partial charge in [-0.1, -0.05) is 19.4 Å². The van der Waals surface area contributed by atoms with E-state index in [1.807, 2.05) is 6.26 Å². The molecule has 0 rings (SSSR count). The molecule has 0 fully saturated rings. The van der Waals surface area contributed by atoms with E-state index in [1.165, 1.54) is 11.3 Å². The van der Waals surface area contributed by atoms with Crippen molar-refractivity contribution in [3.05, 3.63) is 11.6 Å². The summed E-state index contributed by atoms with van der Waals surface area (Å²) in [6, 6.07) is 0. The standard InChI is InChI=1S/C15H29NOS/c1-7-14(18(6)17)10-9-13(5)15(16-8-2)11-12(3)4/h11,13-14H,7-10H2,1-6H3/t13?,14-,18?/m1/s1. The lowest BCUT2D eigenvalue weighted by molar-refractivity contribution is 0.590. The first-order chi connectivity index (χ1) is 8.42. The SMILES string of the molecule is CCN=C(C=C(C)C)C(C)CC[C@@H](CC)S(C)=O. The smallest absolute Gasteiger partial charge is 0.0375 e. The molecular weight excluding hydrogens is 242 g/mol. The molecule has 2 unspecified atom stereocenters. The lowest BCUT2D eigenvalue weighted by Crippen LogP contribution is -2.17. The number of hydrogen-bond donors (Lipinski definition) is 0. The summed E-state index contributed by atoms with van der Waals surface area (Å²) < 4.78 is 11.5. The average molecular weight is 271 g/mol. The van der Waals surface area contributed by atoms with Crippen LogP contribution in [0.15, 0.2) is 16.6 Å². The van der Waals surface area contributed by atoms with Crippen LogP contribution in [-0.2, 0) is 10.8 Å². The average Bonchev–Trinajstić information content (AvgIpc) is 2.28. The third-order valence-electron chi connectivity index (χ3n) is 3.13. The minimum atomic E-state index is -0.703. The molecule has 0 aromatic carbocycles. The Bertz CT molecular complexity index is 316. The van der Waals surface area contributed by atoms with Gasteiger partial charge in [-0.15, -0.1) is 0 Å². The van der Waals surface area contributed by atoms with Crippen molar-refractivity contribution >= 4 is 16.5 Å². The zero-order valence-electron chi connectivity index (χ0n) is 12.8. The van der Waals surface area contributed by atoms with Crippen LogP contribution in [-0.4, -0.2) is 28.0 Å². The van der Waals surface area contributed by atoms with E-state index in [9.17, 15) is 4.21 Å². The van der Waals surface area contributed by atoms with Crippen LogP contribution in [0.25, 0.3) is 0 Å². The molecule has 0 aliphatic heterocycles. The van der Waals surface area contributed by atoms with E-state index in [1.54, 1.807) is 0 Å². The van der Waals surface area contributed by atoms with Crippen molar-refractivity contribution in [3.63, 3.8) is 0 Å². The molecule has 0 saturated carbocycles. The predicted octanol–water partition coefficient (Wildman–Crippen LogP) is 3.99. The Kier molecular flexibility index (Phi) is 9.25. The van der Waals surface area contributed by atoms with E-state index >= 15 is 0 Å². The zero-order chi connectivity index (χ0) is 14.1. The first-order valence-corrected chi connectivity index (χ1v) is 8.55. The Morgan fingerprint density at radius 2 is 1.89 bits per heavy atom. The summed E-state index contributed by atoms with van der Waals surface area (Å²) in [6.07, 6.45) is 7.09. The summed E-state index contributed by atoms with van der Waals surface area (Å²) in [4.78, 5) is 4.58. The van der Waals surface area contributed by atoms with Gasteiger partial charge in [0.15, 0.2) is 0 Å². The summed E-state index contributed by atoms with van der Waals surface area (Å²) in [5, 5.41) is 0.335. The third-order valence-corrected chi connectivity index (χ3v) is 4.64. The number of aliphatic imine (C=N–C) groups is 1. The van der Waals surface area contributed by atoms with Gasteiger partial charge < -0.3 is 0 Å². The van der Waals surface area contributed by atoms with Crippen LogP contribution in [0.1, 0.15) is 53.9 Å². The quantitative estimate of drug-likeness (QED) is 0.614. The second kappa shape index (κ2) is 9.48. The molecule has 0 saturated heterocycles. The van der Waals surface area contributed by atoms with Gasteiger partial charge >= 0.3 is 0 Å². The molecule has 0 aromatic rings. The summed E-state index contributed by atoms with van der Waals surface area (Å²) in [5.41, 5.74) is 2.48. The van der Waals surface area contributed by atoms with E-state index in [0.29, 0.717) is 11.2 Å². The summed E-state index contributed by atoms with van der Waals surface area (Å²) in [6.45, 7) is 11.5. The molecule has 0 N–H and O–H groups in total. The molecule has 2 nitrogen and oxygen atoms in total. The number of allylic oxidation sites excluding steroid dienone is 2. The van der Waals surface area contributed by atoms with Crippen molar-refractivity contribution in [3.8, 4) is 0 Å². The fraction of sp³-hybridized carbons (Fsp3) is 0.800. The van der Waals surface area contributed by atoms with Gasteiger partial charge in [0.25, 0.3) is 0 Å². The topological polar surface area (TPSA) is 29.4 Å². The van der Waals surface area contributed by atoms with Crippen LogP contribution in [0.5, 0.6) is 0 Å². The lowest BCUT2D eigenvalue weighted by Gasteiger charge is -2.16. The highest BCUT2D eigenvalue weighted by Gasteiger charge is 2.14. The van der Waals surface area contributed by atoms with E-state index in [-0.39, 0.29) is 0 Å². The van der Waals surface area contributed by atoms with Gasteiger partial charge in [0.1, 0.15) is 0 Å². The van der Waals surface area contributed by atoms with Crippen molar-refractivity contribution in [2.45, 2.75) is 59.1 Å². The second-order valence-electron chi connectivity index (χ2n) is 5.13. The van der Waals surface area contributed by atoms with Gasteiger partial charge in [0.05, 0.1) is 0 Å². The maximum atomic E-state index is 11.5. The number of nitrogens with zero attached hydrogens (tertiary/aromatic N) is 1. The molecule has 0 heterocycles. The Morgan fingerprint density at radius 1 is 1.28 bits per heavy atom. The van der Waals surface area contributed by atoms with Gasteiger partial charge in [-0.3, -0.25) is 9.20 Å². The van der Waals surface area contributed by atoms with Gasteiger partial charge in [-0.05, 0) is 52.0 Å². The molecule has 0 aromatic heterocycles. The first kappa shape index (κ1) is 17.6. The van der Waals surface area contributed by atoms with Crippen LogP contribution in [0.3, 0.4) is 0 Å². The van der Waals surface area contributed by atoms with Gasteiger partial charge in [0, 0.05) is 34.6 Å². The monoisotopic (exact) mass is 271 g/mol. The van der Waals surface area contributed by atoms with Crippen molar-refractivity contribution in [1.82, 2.24) is 0 Å². The lowest BCUT2D eigenvalue weighted by atomic mass is 9.96. The first-order valence-electron chi connectivity index (χ1n) is 6.93. The molecule has 18 heavy (non-hydrogen) atoms. The molecule has 0 aliphatic rings.